The van der Waals surface area contributed by atoms with Crippen LogP contribution >= 0.6 is 34.5 Å². The maximum Gasteiger partial charge on any atom is 0.417 e. The van der Waals surface area contributed by atoms with Crippen molar-refractivity contribution in [1.29, 1.82) is 0 Å². The van der Waals surface area contributed by atoms with Gasteiger partial charge in [0.15, 0.2) is 5.01 Å². The van der Waals surface area contributed by atoms with Crippen molar-refractivity contribution in [2.75, 3.05) is 0 Å². The summed E-state index contributed by atoms with van der Waals surface area (Å²) in [5.74, 6) is -0.829. The first-order chi connectivity index (χ1) is 11.7. The molecular formula is C17H8Cl2F3NOS. The number of thiazole rings is 1. The molecule has 2 nitrogen and oxygen atoms in total. The number of aromatic nitrogens is 1. The summed E-state index contributed by atoms with van der Waals surface area (Å²) < 4.78 is 41.0. The molecule has 0 saturated carbocycles. The van der Waals surface area contributed by atoms with Crippen molar-refractivity contribution in [2.45, 2.75) is 6.18 Å². The topological polar surface area (TPSA) is 30.0 Å². The molecule has 0 bridgehead atoms. The lowest BCUT2D eigenvalue weighted by molar-refractivity contribution is -0.0689. The number of para-hydroxylation sites is 1. The number of allylic oxidation sites excluding steroid dienone is 2. The molecule has 8 heteroatoms. The minimum atomic E-state index is -4.75. The van der Waals surface area contributed by atoms with E-state index < -0.39 is 17.5 Å². The van der Waals surface area contributed by atoms with Gasteiger partial charge in [-0.2, -0.15) is 13.2 Å². The molecular weight excluding hydrogens is 394 g/mol. The van der Waals surface area contributed by atoms with Gasteiger partial charge in [0, 0.05) is 16.1 Å². The monoisotopic (exact) mass is 401 g/mol. The van der Waals surface area contributed by atoms with Gasteiger partial charge in [0.05, 0.1) is 15.8 Å². The molecule has 25 heavy (non-hydrogen) atoms. The molecule has 0 radical (unpaired) electrons. The summed E-state index contributed by atoms with van der Waals surface area (Å²) in [7, 11) is 0. The SMILES string of the molecule is O=C(/C=C(/c1cc(Cl)cc(Cl)c1)C(F)(F)F)c1nc2ccccc2s1. The zero-order valence-corrected chi connectivity index (χ0v) is 14.6. The lowest BCUT2D eigenvalue weighted by Crippen LogP contribution is -2.13. The number of benzene rings is 2. The number of fused-ring (bicyclic) bond motifs is 1. The minimum absolute atomic E-state index is 0.0175. The number of hydrogen-bond donors (Lipinski definition) is 0. The Morgan fingerprint density at radius 1 is 1.08 bits per heavy atom. The summed E-state index contributed by atoms with van der Waals surface area (Å²) in [5, 5.41) is 0.0752. The third-order valence-corrected chi connectivity index (χ3v) is 4.75. The number of hydrogen-bond acceptors (Lipinski definition) is 3. The third-order valence-electron chi connectivity index (χ3n) is 3.26. The van der Waals surface area contributed by atoms with Gasteiger partial charge in [-0.15, -0.1) is 11.3 Å². The third kappa shape index (κ3) is 4.03. The van der Waals surface area contributed by atoms with Crippen molar-refractivity contribution < 1.29 is 18.0 Å². The van der Waals surface area contributed by atoms with Crippen molar-refractivity contribution in [1.82, 2.24) is 4.98 Å². The molecule has 0 spiro atoms. The van der Waals surface area contributed by atoms with Gasteiger partial charge in [-0.1, -0.05) is 35.3 Å². The zero-order valence-electron chi connectivity index (χ0n) is 12.3. The molecule has 0 N–H and O–H groups in total. The van der Waals surface area contributed by atoms with E-state index in [0.29, 0.717) is 11.6 Å². The predicted molar refractivity (Wildman–Crippen MR) is 94.4 cm³/mol. The first-order valence-electron chi connectivity index (χ1n) is 6.89. The summed E-state index contributed by atoms with van der Waals surface area (Å²) in [6, 6.07) is 10.5. The van der Waals surface area contributed by atoms with E-state index in [1.165, 1.54) is 6.07 Å². The Kier molecular flexibility index (Phi) is 4.86. The number of rotatable bonds is 3. The van der Waals surface area contributed by atoms with Crippen molar-refractivity contribution >= 4 is 56.1 Å². The van der Waals surface area contributed by atoms with Crippen LogP contribution in [0.1, 0.15) is 15.4 Å². The first-order valence-corrected chi connectivity index (χ1v) is 8.46. The molecule has 2 aromatic carbocycles. The summed E-state index contributed by atoms with van der Waals surface area (Å²) in [4.78, 5) is 16.4. The van der Waals surface area contributed by atoms with E-state index >= 15 is 0 Å². The van der Waals surface area contributed by atoms with E-state index in [1.807, 2.05) is 0 Å². The van der Waals surface area contributed by atoms with Gasteiger partial charge in [0.1, 0.15) is 0 Å². The molecule has 0 amide bonds. The van der Waals surface area contributed by atoms with Crippen LogP contribution in [0.4, 0.5) is 13.2 Å². The second-order valence-electron chi connectivity index (χ2n) is 5.06. The molecule has 1 aromatic heterocycles. The van der Waals surface area contributed by atoms with E-state index in [4.69, 9.17) is 23.2 Å². The Morgan fingerprint density at radius 2 is 1.72 bits per heavy atom. The van der Waals surface area contributed by atoms with Crippen molar-refractivity contribution in [3.05, 3.63) is 69.2 Å². The normalized spacial score (nSPS) is 12.6. The lowest BCUT2D eigenvalue weighted by Gasteiger charge is -2.12. The maximum atomic E-state index is 13.4. The van der Waals surface area contributed by atoms with E-state index in [-0.39, 0.29) is 20.6 Å². The summed E-state index contributed by atoms with van der Waals surface area (Å²) >= 11 is 12.6. The number of alkyl halides is 3. The van der Waals surface area contributed by atoms with Gasteiger partial charge in [0.2, 0.25) is 5.78 Å². The molecule has 0 aliphatic carbocycles. The van der Waals surface area contributed by atoms with E-state index in [9.17, 15) is 18.0 Å². The second-order valence-corrected chi connectivity index (χ2v) is 6.97. The molecule has 0 unspecified atom stereocenters. The molecule has 128 valence electrons. The highest BCUT2D eigenvalue weighted by atomic mass is 35.5. The van der Waals surface area contributed by atoms with Crippen LogP contribution < -0.4 is 0 Å². The van der Waals surface area contributed by atoms with Crippen LogP contribution in [0.3, 0.4) is 0 Å². The summed E-state index contributed by atoms with van der Waals surface area (Å²) in [6.07, 6.45) is -4.22. The molecule has 3 rings (SSSR count). The van der Waals surface area contributed by atoms with Crippen molar-refractivity contribution in [3.8, 4) is 0 Å². The Labute approximate surface area is 154 Å². The Bertz CT molecular complexity index is 942. The Balaban J connectivity index is 2.07. The zero-order chi connectivity index (χ0) is 18.2. The highest BCUT2D eigenvalue weighted by molar-refractivity contribution is 7.20. The Morgan fingerprint density at radius 3 is 2.32 bits per heavy atom. The van der Waals surface area contributed by atoms with Crippen LogP contribution in [-0.4, -0.2) is 16.9 Å². The van der Waals surface area contributed by atoms with E-state index in [0.717, 1.165) is 28.2 Å². The van der Waals surface area contributed by atoms with E-state index in [1.54, 1.807) is 24.3 Å². The first kappa shape index (κ1) is 17.9. The lowest BCUT2D eigenvalue weighted by atomic mass is 10.0. The molecule has 1 heterocycles. The Hall–Kier alpha value is -1.89. The van der Waals surface area contributed by atoms with Gasteiger partial charge in [-0.25, -0.2) is 4.98 Å². The van der Waals surface area contributed by atoms with Crippen LogP contribution in [0.15, 0.2) is 48.5 Å². The molecule has 3 aromatic rings. The van der Waals surface area contributed by atoms with E-state index in [2.05, 4.69) is 4.98 Å². The quantitative estimate of drug-likeness (QED) is 0.373. The van der Waals surface area contributed by atoms with Crippen LogP contribution in [-0.2, 0) is 0 Å². The van der Waals surface area contributed by atoms with Crippen LogP contribution in [0.5, 0.6) is 0 Å². The number of ketones is 1. The average molecular weight is 402 g/mol. The number of nitrogens with zero attached hydrogens (tertiary/aromatic N) is 1. The summed E-state index contributed by atoms with van der Waals surface area (Å²) in [5.41, 5.74) is -0.843. The van der Waals surface area contributed by atoms with Crippen LogP contribution in [0, 0.1) is 0 Å². The highest BCUT2D eigenvalue weighted by Gasteiger charge is 2.36. The van der Waals surface area contributed by atoms with Crippen molar-refractivity contribution in [3.63, 3.8) is 0 Å². The van der Waals surface area contributed by atoms with Gasteiger partial charge < -0.3 is 0 Å². The van der Waals surface area contributed by atoms with Gasteiger partial charge in [-0.3, -0.25) is 4.79 Å². The fraction of sp³-hybridized carbons (Fsp3) is 0.0588. The largest absolute Gasteiger partial charge is 0.417 e. The predicted octanol–water partition coefficient (Wildman–Crippen LogP) is 6.43. The van der Waals surface area contributed by atoms with Crippen LogP contribution in [0.25, 0.3) is 15.8 Å². The number of halogens is 5. The number of carbonyl (C=O) groups excluding carboxylic acids is 1. The highest BCUT2D eigenvalue weighted by Crippen LogP contribution is 2.36. The van der Waals surface area contributed by atoms with Gasteiger partial charge >= 0.3 is 6.18 Å². The fourth-order valence-electron chi connectivity index (χ4n) is 2.21. The smallest absolute Gasteiger partial charge is 0.287 e. The molecule has 0 fully saturated rings. The van der Waals surface area contributed by atoms with Crippen molar-refractivity contribution in [2.24, 2.45) is 0 Å². The average Bonchev–Trinajstić information content (AvgIpc) is 2.94. The molecule has 0 aliphatic heterocycles. The summed E-state index contributed by atoms with van der Waals surface area (Å²) in [6.45, 7) is 0. The molecule has 0 atom stereocenters. The minimum Gasteiger partial charge on any atom is -0.287 e. The second kappa shape index (κ2) is 6.78. The molecule has 0 aliphatic rings. The van der Waals surface area contributed by atoms with Gasteiger partial charge in [0.25, 0.3) is 0 Å². The maximum absolute atomic E-state index is 13.4. The standard InChI is InChI=1S/C17H8Cl2F3NOS/c18-10-5-9(6-11(19)7-10)12(17(20,21)22)8-14(24)16-23-13-3-1-2-4-15(13)25-16/h1-8H/b12-8-. The fourth-order valence-corrected chi connectivity index (χ4v) is 3.61. The molecule has 0 saturated heterocycles. The van der Waals surface area contributed by atoms with Crippen LogP contribution in [0.2, 0.25) is 10.0 Å². The number of carbonyl (C=O) groups is 1. The van der Waals surface area contributed by atoms with Gasteiger partial charge in [-0.05, 0) is 35.9 Å².